The van der Waals surface area contributed by atoms with Gasteiger partial charge in [-0.15, -0.1) is 0 Å². The third-order valence-corrected chi connectivity index (χ3v) is 3.06. The van der Waals surface area contributed by atoms with E-state index in [1.165, 1.54) is 5.39 Å². The summed E-state index contributed by atoms with van der Waals surface area (Å²) in [5.41, 5.74) is 0.175. The number of hydrogen-bond donors (Lipinski definition) is 2. The average molecular weight is 243 g/mol. The Morgan fingerprint density at radius 2 is 1.83 bits per heavy atom. The van der Waals surface area contributed by atoms with Crippen LogP contribution in [0.3, 0.4) is 0 Å². The van der Waals surface area contributed by atoms with E-state index < -0.39 is 11.4 Å². The molecule has 0 amide bonds. The first-order valence-electron chi connectivity index (χ1n) is 5.95. The number of anilines is 1. The van der Waals surface area contributed by atoms with Gasteiger partial charge in [-0.3, -0.25) is 4.79 Å². The monoisotopic (exact) mass is 243 g/mol. The molecule has 0 aromatic heterocycles. The molecule has 3 heteroatoms. The number of carboxylic acids is 1. The Labute approximate surface area is 106 Å². The van der Waals surface area contributed by atoms with Crippen LogP contribution in [0.15, 0.2) is 42.5 Å². The highest BCUT2D eigenvalue weighted by Crippen LogP contribution is 2.21. The van der Waals surface area contributed by atoms with Gasteiger partial charge >= 0.3 is 5.97 Å². The number of fused-ring (bicyclic) bond motifs is 1. The van der Waals surface area contributed by atoms with Gasteiger partial charge in [0, 0.05) is 12.2 Å². The fraction of sp³-hybridized carbons (Fsp3) is 0.267. The molecule has 0 spiro atoms. The van der Waals surface area contributed by atoms with Crippen molar-refractivity contribution in [1.82, 2.24) is 0 Å². The van der Waals surface area contributed by atoms with Crippen LogP contribution in [0.1, 0.15) is 13.8 Å². The van der Waals surface area contributed by atoms with E-state index in [9.17, 15) is 4.79 Å². The van der Waals surface area contributed by atoms with Gasteiger partial charge < -0.3 is 10.4 Å². The fourth-order valence-electron chi connectivity index (χ4n) is 1.70. The lowest BCUT2D eigenvalue weighted by Gasteiger charge is -2.20. The van der Waals surface area contributed by atoms with Gasteiger partial charge in [0.15, 0.2) is 0 Å². The van der Waals surface area contributed by atoms with E-state index >= 15 is 0 Å². The Bertz CT molecular complexity index is 575. The minimum Gasteiger partial charge on any atom is -0.481 e. The molecule has 2 aromatic rings. The van der Waals surface area contributed by atoms with Crippen molar-refractivity contribution in [1.29, 1.82) is 0 Å². The molecular formula is C15H17NO2. The summed E-state index contributed by atoms with van der Waals surface area (Å²) in [4.78, 5) is 11.0. The molecule has 3 nitrogen and oxygen atoms in total. The number of aliphatic carboxylic acids is 1. The quantitative estimate of drug-likeness (QED) is 0.865. The number of carboxylic acid groups (broad SMARTS) is 1. The van der Waals surface area contributed by atoms with Gasteiger partial charge in [0.25, 0.3) is 0 Å². The molecule has 0 aliphatic carbocycles. The lowest BCUT2D eigenvalue weighted by molar-refractivity contribution is -0.146. The normalized spacial score (nSPS) is 11.4. The fourth-order valence-corrected chi connectivity index (χ4v) is 1.70. The first-order chi connectivity index (χ1) is 8.49. The maximum atomic E-state index is 11.0. The average Bonchev–Trinajstić information content (AvgIpc) is 2.36. The zero-order valence-corrected chi connectivity index (χ0v) is 10.6. The second-order valence-corrected chi connectivity index (χ2v) is 5.10. The molecule has 0 aliphatic rings. The van der Waals surface area contributed by atoms with E-state index in [-0.39, 0.29) is 0 Å². The van der Waals surface area contributed by atoms with E-state index in [2.05, 4.69) is 11.4 Å². The number of hydrogen-bond acceptors (Lipinski definition) is 2. The van der Waals surface area contributed by atoms with Crippen molar-refractivity contribution < 1.29 is 9.90 Å². The summed E-state index contributed by atoms with van der Waals surface area (Å²) in [7, 11) is 0. The van der Waals surface area contributed by atoms with Crippen molar-refractivity contribution in [2.75, 3.05) is 11.9 Å². The van der Waals surface area contributed by atoms with Crippen molar-refractivity contribution in [3.05, 3.63) is 42.5 Å². The van der Waals surface area contributed by atoms with Crippen LogP contribution in [0, 0.1) is 5.41 Å². The van der Waals surface area contributed by atoms with Crippen molar-refractivity contribution in [2.45, 2.75) is 13.8 Å². The zero-order chi connectivity index (χ0) is 13.2. The van der Waals surface area contributed by atoms with Gasteiger partial charge in [0.05, 0.1) is 5.41 Å². The van der Waals surface area contributed by atoms with Crippen LogP contribution in [0.4, 0.5) is 5.69 Å². The molecule has 18 heavy (non-hydrogen) atoms. The summed E-state index contributed by atoms with van der Waals surface area (Å²) >= 11 is 0. The molecule has 0 heterocycles. The third-order valence-electron chi connectivity index (χ3n) is 3.06. The number of nitrogens with one attached hydrogen (secondary N) is 1. The summed E-state index contributed by atoms with van der Waals surface area (Å²) in [5.74, 6) is -0.796. The highest BCUT2D eigenvalue weighted by Gasteiger charge is 2.26. The third kappa shape index (κ3) is 2.62. The molecule has 2 N–H and O–H groups in total. The maximum absolute atomic E-state index is 11.0. The maximum Gasteiger partial charge on any atom is 0.310 e. The molecule has 2 rings (SSSR count). The van der Waals surface area contributed by atoms with Crippen LogP contribution in [0.5, 0.6) is 0 Å². The van der Waals surface area contributed by atoms with Crippen LogP contribution in [-0.4, -0.2) is 17.6 Å². The van der Waals surface area contributed by atoms with Crippen molar-refractivity contribution in [3.63, 3.8) is 0 Å². The smallest absolute Gasteiger partial charge is 0.310 e. The molecule has 2 aromatic carbocycles. The SMILES string of the molecule is CC(C)(CNc1ccc2ccccc2c1)C(=O)O. The van der Waals surface area contributed by atoms with Gasteiger partial charge in [0.1, 0.15) is 0 Å². The van der Waals surface area contributed by atoms with Crippen LogP contribution < -0.4 is 5.32 Å². The Balaban J connectivity index is 2.15. The first-order valence-corrected chi connectivity index (χ1v) is 5.95. The Kier molecular flexibility index (Phi) is 3.24. The summed E-state index contributed by atoms with van der Waals surface area (Å²) in [6, 6.07) is 14.1. The van der Waals surface area contributed by atoms with E-state index in [0.717, 1.165) is 11.1 Å². The van der Waals surface area contributed by atoms with Gasteiger partial charge in [-0.1, -0.05) is 30.3 Å². The van der Waals surface area contributed by atoms with Crippen molar-refractivity contribution in [3.8, 4) is 0 Å². The largest absolute Gasteiger partial charge is 0.481 e. The number of carbonyl (C=O) groups is 1. The zero-order valence-electron chi connectivity index (χ0n) is 10.6. The van der Waals surface area contributed by atoms with Gasteiger partial charge in [0.2, 0.25) is 0 Å². The van der Waals surface area contributed by atoms with Crippen LogP contribution >= 0.6 is 0 Å². The molecule has 0 saturated carbocycles. The molecule has 0 atom stereocenters. The highest BCUT2D eigenvalue weighted by atomic mass is 16.4. The molecule has 0 radical (unpaired) electrons. The predicted octanol–water partition coefficient (Wildman–Crippen LogP) is 3.36. The van der Waals surface area contributed by atoms with E-state index in [1.54, 1.807) is 13.8 Å². The van der Waals surface area contributed by atoms with Gasteiger partial charge in [-0.25, -0.2) is 0 Å². The van der Waals surface area contributed by atoms with Gasteiger partial charge in [-0.05, 0) is 36.8 Å². The number of rotatable bonds is 4. The van der Waals surface area contributed by atoms with E-state index in [1.807, 2.05) is 36.4 Å². The second-order valence-electron chi connectivity index (χ2n) is 5.10. The molecule has 0 aliphatic heterocycles. The molecule has 0 unspecified atom stereocenters. The minimum absolute atomic E-state index is 0.403. The molecule has 0 saturated heterocycles. The van der Waals surface area contributed by atoms with Crippen LogP contribution in [0.25, 0.3) is 10.8 Å². The van der Waals surface area contributed by atoms with Gasteiger partial charge in [-0.2, -0.15) is 0 Å². The lowest BCUT2D eigenvalue weighted by atomic mass is 9.94. The van der Waals surface area contributed by atoms with Crippen molar-refractivity contribution >= 4 is 22.4 Å². The lowest BCUT2D eigenvalue weighted by Crippen LogP contribution is -2.31. The standard InChI is InChI=1S/C15H17NO2/c1-15(2,14(17)18)10-16-13-8-7-11-5-3-4-6-12(11)9-13/h3-9,16H,10H2,1-2H3,(H,17,18). The molecule has 0 bridgehead atoms. The predicted molar refractivity (Wildman–Crippen MR) is 73.9 cm³/mol. The Hall–Kier alpha value is -2.03. The summed E-state index contributed by atoms with van der Waals surface area (Å²) in [5, 5.41) is 14.6. The van der Waals surface area contributed by atoms with Crippen molar-refractivity contribution in [2.24, 2.45) is 5.41 Å². The summed E-state index contributed by atoms with van der Waals surface area (Å²) in [6.07, 6.45) is 0. The molecular weight excluding hydrogens is 226 g/mol. The minimum atomic E-state index is -0.796. The first kappa shape index (κ1) is 12.4. The summed E-state index contributed by atoms with van der Waals surface area (Å²) in [6.45, 7) is 3.83. The molecule has 94 valence electrons. The molecule has 0 fully saturated rings. The topological polar surface area (TPSA) is 49.3 Å². The highest BCUT2D eigenvalue weighted by molar-refractivity contribution is 5.85. The second kappa shape index (κ2) is 4.69. The van der Waals surface area contributed by atoms with Crippen LogP contribution in [-0.2, 0) is 4.79 Å². The Morgan fingerprint density at radius 1 is 1.17 bits per heavy atom. The summed E-state index contributed by atoms with van der Waals surface area (Å²) < 4.78 is 0. The number of benzene rings is 2. The van der Waals surface area contributed by atoms with Crippen LogP contribution in [0.2, 0.25) is 0 Å². The Morgan fingerprint density at radius 3 is 2.50 bits per heavy atom. The van der Waals surface area contributed by atoms with E-state index in [0.29, 0.717) is 6.54 Å². The van der Waals surface area contributed by atoms with E-state index in [4.69, 9.17) is 5.11 Å².